The van der Waals surface area contributed by atoms with E-state index in [1.807, 2.05) is 24.3 Å². The number of aromatic nitrogens is 6. The molecule has 0 spiro atoms. The van der Waals surface area contributed by atoms with E-state index in [0.717, 1.165) is 28.7 Å². The molecule has 0 radical (unpaired) electrons. The number of rotatable bonds is 5. The monoisotopic (exact) mass is 407 g/mol. The van der Waals surface area contributed by atoms with Gasteiger partial charge in [-0.05, 0) is 36.0 Å². The second-order valence-electron chi connectivity index (χ2n) is 6.66. The maximum atomic E-state index is 12.7. The molecule has 4 aromatic rings. The second-order valence-corrected chi connectivity index (χ2v) is 7.65. The molecule has 29 heavy (non-hydrogen) atoms. The van der Waals surface area contributed by atoms with Gasteiger partial charge in [-0.2, -0.15) is 5.10 Å². The number of fused-ring (bicyclic) bond motifs is 1. The Balaban J connectivity index is 1.30. The van der Waals surface area contributed by atoms with Gasteiger partial charge in [-0.25, -0.2) is 9.97 Å². The Hall–Kier alpha value is -3.24. The van der Waals surface area contributed by atoms with E-state index in [1.54, 1.807) is 12.4 Å². The molecule has 0 atom stereocenters. The summed E-state index contributed by atoms with van der Waals surface area (Å²) in [5.74, 6) is 1.40. The molecule has 9 nitrogen and oxygen atoms in total. The molecule has 1 aliphatic rings. The predicted octanol–water partition coefficient (Wildman–Crippen LogP) is 2.25. The third-order valence-corrected chi connectivity index (χ3v) is 5.50. The van der Waals surface area contributed by atoms with Crippen LogP contribution >= 0.6 is 11.8 Å². The first-order valence-corrected chi connectivity index (χ1v) is 9.93. The predicted molar refractivity (Wildman–Crippen MR) is 105 cm³/mol. The third-order valence-electron chi connectivity index (χ3n) is 4.69. The van der Waals surface area contributed by atoms with Gasteiger partial charge in [0.1, 0.15) is 17.9 Å². The maximum absolute atomic E-state index is 12.7. The molecule has 0 bridgehead atoms. The van der Waals surface area contributed by atoms with E-state index in [9.17, 15) is 4.79 Å². The van der Waals surface area contributed by atoms with Crippen molar-refractivity contribution in [3.05, 3.63) is 70.4 Å². The maximum Gasteiger partial charge on any atom is 0.255 e. The number of hydrogen-bond acceptors (Lipinski definition) is 8. The van der Waals surface area contributed by atoms with Crippen LogP contribution in [-0.2, 0) is 19.5 Å². The van der Waals surface area contributed by atoms with Crippen LogP contribution in [0.2, 0.25) is 0 Å². The summed E-state index contributed by atoms with van der Waals surface area (Å²) in [7, 11) is 0. The van der Waals surface area contributed by atoms with Crippen LogP contribution in [0.1, 0.15) is 17.0 Å². The SMILES string of the molecule is O=c1[nH]c(-c2cccnc2)nc2c1CN(Cc1ccc(Sc3ncn[nH]3)o1)CC2. The van der Waals surface area contributed by atoms with Gasteiger partial charge in [0.2, 0.25) is 0 Å². The molecular weight excluding hydrogens is 390 g/mol. The molecule has 4 aromatic heterocycles. The zero-order valence-corrected chi connectivity index (χ0v) is 16.1. The van der Waals surface area contributed by atoms with Gasteiger partial charge >= 0.3 is 0 Å². The minimum Gasteiger partial charge on any atom is -0.453 e. The number of furan rings is 1. The molecule has 0 saturated heterocycles. The van der Waals surface area contributed by atoms with E-state index in [1.165, 1.54) is 18.1 Å². The Morgan fingerprint density at radius 2 is 2.24 bits per heavy atom. The zero-order chi connectivity index (χ0) is 19.6. The van der Waals surface area contributed by atoms with Crippen LogP contribution in [0.15, 0.2) is 62.4 Å². The van der Waals surface area contributed by atoms with Crippen molar-refractivity contribution in [2.75, 3.05) is 6.54 Å². The molecule has 0 aliphatic carbocycles. The van der Waals surface area contributed by atoms with Gasteiger partial charge in [0.25, 0.3) is 5.56 Å². The largest absolute Gasteiger partial charge is 0.453 e. The van der Waals surface area contributed by atoms with Gasteiger partial charge in [-0.1, -0.05) is 0 Å². The fourth-order valence-corrected chi connectivity index (χ4v) is 3.99. The van der Waals surface area contributed by atoms with Crippen LogP contribution in [0.4, 0.5) is 0 Å². The first-order valence-electron chi connectivity index (χ1n) is 9.11. The molecule has 0 fully saturated rings. The molecule has 2 N–H and O–H groups in total. The lowest BCUT2D eigenvalue weighted by molar-refractivity contribution is 0.217. The highest BCUT2D eigenvalue weighted by atomic mass is 32.2. The van der Waals surface area contributed by atoms with Crippen LogP contribution in [0, 0.1) is 0 Å². The number of hydrogen-bond donors (Lipinski definition) is 2. The van der Waals surface area contributed by atoms with Crippen molar-refractivity contribution in [1.82, 2.24) is 35.0 Å². The average molecular weight is 407 g/mol. The summed E-state index contributed by atoms with van der Waals surface area (Å²) >= 11 is 1.38. The number of nitrogens with zero attached hydrogens (tertiary/aromatic N) is 5. The van der Waals surface area contributed by atoms with E-state index in [-0.39, 0.29) is 5.56 Å². The highest BCUT2D eigenvalue weighted by molar-refractivity contribution is 7.99. The lowest BCUT2D eigenvalue weighted by Gasteiger charge is -2.26. The smallest absolute Gasteiger partial charge is 0.255 e. The Labute approximate surface area is 169 Å². The highest BCUT2D eigenvalue weighted by Crippen LogP contribution is 2.27. The van der Waals surface area contributed by atoms with Crippen molar-refractivity contribution < 1.29 is 4.42 Å². The second kappa shape index (κ2) is 7.64. The van der Waals surface area contributed by atoms with E-state index in [0.29, 0.717) is 36.1 Å². The Morgan fingerprint density at radius 3 is 3.07 bits per heavy atom. The quantitative estimate of drug-likeness (QED) is 0.517. The minimum absolute atomic E-state index is 0.0976. The summed E-state index contributed by atoms with van der Waals surface area (Å²) in [5.41, 5.74) is 2.28. The summed E-state index contributed by atoms with van der Waals surface area (Å²) < 4.78 is 5.88. The lowest BCUT2D eigenvalue weighted by Crippen LogP contribution is -2.35. The van der Waals surface area contributed by atoms with Gasteiger partial charge in [0, 0.05) is 37.5 Å². The van der Waals surface area contributed by atoms with Crippen LogP contribution in [-0.4, -0.2) is 41.6 Å². The summed E-state index contributed by atoms with van der Waals surface area (Å²) in [6.45, 7) is 1.97. The Morgan fingerprint density at radius 1 is 1.28 bits per heavy atom. The van der Waals surface area contributed by atoms with Crippen molar-refractivity contribution in [3.63, 3.8) is 0 Å². The summed E-state index contributed by atoms with van der Waals surface area (Å²) in [5, 5.41) is 8.04. The van der Waals surface area contributed by atoms with Gasteiger partial charge in [-0.3, -0.25) is 19.8 Å². The van der Waals surface area contributed by atoms with Gasteiger partial charge in [0.05, 0.1) is 17.8 Å². The fourth-order valence-electron chi connectivity index (χ4n) is 3.31. The van der Waals surface area contributed by atoms with E-state index in [2.05, 4.69) is 35.0 Å². The molecule has 10 heteroatoms. The zero-order valence-electron chi connectivity index (χ0n) is 15.3. The van der Waals surface area contributed by atoms with Gasteiger partial charge in [-0.15, -0.1) is 0 Å². The number of nitrogens with one attached hydrogen (secondary N) is 2. The summed E-state index contributed by atoms with van der Waals surface area (Å²) in [6.07, 6.45) is 5.57. The normalized spacial score (nSPS) is 14.1. The van der Waals surface area contributed by atoms with Gasteiger partial charge < -0.3 is 9.40 Å². The first-order chi connectivity index (χ1) is 14.2. The van der Waals surface area contributed by atoms with Crippen LogP contribution in [0.5, 0.6) is 0 Å². The molecule has 146 valence electrons. The minimum atomic E-state index is -0.0976. The number of aromatic amines is 2. The number of pyridine rings is 1. The molecular formula is C19H17N7O2S. The molecule has 0 amide bonds. The van der Waals surface area contributed by atoms with E-state index >= 15 is 0 Å². The molecule has 1 aliphatic heterocycles. The average Bonchev–Trinajstić information content (AvgIpc) is 3.41. The van der Waals surface area contributed by atoms with Crippen molar-refractivity contribution in [3.8, 4) is 11.4 Å². The van der Waals surface area contributed by atoms with Gasteiger partial charge in [0.15, 0.2) is 10.2 Å². The lowest BCUT2D eigenvalue weighted by atomic mass is 10.1. The van der Waals surface area contributed by atoms with Crippen molar-refractivity contribution in [1.29, 1.82) is 0 Å². The Kier molecular flexibility index (Phi) is 4.70. The highest BCUT2D eigenvalue weighted by Gasteiger charge is 2.22. The Bertz CT molecular complexity index is 1170. The molecule has 0 saturated carbocycles. The van der Waals surface area contributed by atoms with E-state index < -0.39 is 0 Å². The fraction of sp³-hybridized carbons (Fsp3) is 0.211. The topological polar surface area (TPSA) is 117 Å². The van der Waals surface area contributed by atoms with Crippen LogP contribution in [0.3, 0.4) is 0 Å². The standard InChI is InChI=1S/C19H17N7O2S/c27-18-14-10-26(9-13-3-4-16(28-13)29-19-21-11-22-25-19)7-5-15(14)23-17(24-18)12-2-1-6-20-8-12/h1-4,6,8,11H,5,7,9-10H2,(H,21,22,25)(H,23,24,27). The first kappa shape index (κ1) is 17.8. The molecule has 0 unspecified atom stereocenters. The summed E-state index contributed by atoms with van der Waals surface area (Å²) in [4.78, 5) is 30.6. The third kappa shape index (κ3) is 3.84. The summed E-state index contributed by atoms with van der Waals surface area (Å²) in [6, 6.07) is 7.57. The van der Waals surface area contributed by atoms with Crippen molar-refractivity contribution in [2.45, 2.75) is 29.8 Å². The number of H-pyrrole nitrogens is 2. The molecule has 5 rings (SSSR count). The molecule has 0 aromatic carbocycles. The molecule has 5 heterocycles. The van der Waals surface area contributed by atoms with Crippen LogP contribution < -0.4 is 5.56 Å². The van der Waals surface area contributed by atoms with Crippen molar-refractivity contribution >= 4 is 11.8 Å². The van der Waals surface area contributed by atoms with Crippen LogP contribution in [0.25, 0.3) is 11.4 Å². The van der Waals surface area contributed by atoms with Crippen molar-refractivity contribution in [2.24, 2.45) is 0 Å². The van der Waals surface area contributed by atoms with E-state index in [4.69, 9.17) is 4.42 Å².